The van der Waals surface area contributed by atoms with Crippen molar-refractivity contribution in [1.82, 2.24) is 9.88 Å². The first kappa shape index (κ1) is 23.1. The molecule has 0 aliphatic rings. The van der Waals surface area contributed by atoms with E-state index in [-0.39, 0.29) is 11.9 Å². The Morgan fingerprint density at radius 3 is 2.17 bits per heavy atom. The fourth-order valence-corrected chi connectivity index (χ4v) is 4.36. The zero-order valence-corrected chi connectivity index (χ0v) is 20.0. The molecular formula is C31H26N2O3. The molecule has 0 saturated carbocycles. The summed E-state index contributed by atoms with van der Waals surface area (Å²) in [4.78, 5) is 24.8. The summed E-state index contributed by atoms with van der Waals surface area (Å²) in [5.74, 6) is -0.523. The van der Waals surface area contributed by atoms with Gasteiger partial charge in [0.15, 0.2) is 0 Å². The minimum atomic E-state index is -0.382. The number of hydrogen-bond acceptors (Lipinski definition) is 3. The van der Waals surface area contributed by atoms with Crippen molar-refractivity contribution in [2.45, 2.75) is 13.1 Å². The molecule has 5 heteroatoms. The maximum atomic E-state index is 13.2. The smallest absolute Gasteiger partial charge is 0.337 e. The van der Waals surface area contributed by atoms with Crippen LogP contribution in [0.15, 0.2) is 109 Å². The number of benzene rings is 4. The topological polar surface area (TPSA) is 60.3 Å². The van der Waals surface area contributed by atoms with E-state index in [1.807, 2.05) is 60.8 Å². The highest BCUT2D eigenvalue weighted by atomic mass is 16.5. The van der Waals surface area contributed by atoms with E-state index in [1.165, 1.54) is 18.2 Å². The van der Waals surface area contributed by atoms with E-state index in [4.69, 9.17) is 4.74 Å². The Morgan fingerprint density at radius 1 is 0.750 bits per heavy atom. The Balaban J connectivity index is 1.33. The number of rotatable bonds is 7. The van der Waals surface area contributed by atoms with E-state index >= 15 is 0 Å². The van der Waals surface area contributed by atoms with Gasteiger partial charge in [0.05, 0.1) is 23.8 Å². The zero-order valence-electron chi connectivity index (χ0n) is 20.0. The predicted octanol–water partition coefficient (Wildman–Crippen LogP) is 6.07. The number of amides is 1. The minimum absolute atomic E-state index is 0.142. The van der Waals surface area contributed by atoms with Crippen LogP contribution in [0.5, 0.6) is 0 Å². The van der Waals surface area contributed by atoms with Crippen LogP contribution in [0.4, 0.5) is 0 Å². The van der Waals surface area contributed by atoms with E-state index in [1.54, 1.807) is 12.1 Å². The monoisotopic (exact) mass is 474 g/mol. The summed E-state index contributed by atoms with van der Waals surface area (Å²) in [5.41, 5.74) is 6.44. The van der Waals surface area contributed by atoms with Crippen molar-refractivity contribution in [1.29, 1.82) is 0 Å². The molecule has 5 nitrogen and oxygen atoms in total. The number of nitrogens with zero attached hydrogens (tertiary/aromatic N) is 1. The fraction of sp³-hybridized carbons (Fsp3) is 0.0968. The zero-order chi connectivity index (χ0) is 24.9. The van der Waals surface area contributed by atoms with Crippen LogP contribution in [-0.4, -0.2) is 23.6 Å². The van der Waals surface area contributed by atoms with Crippen molar-refractivity contribution in [2.75, 3.05) is 7.11 Å². The van der Waals surface area contributed by atoms with Crippen LogP contribution >= 0.6 is 0 Å². The Bertz CT molecular complexity index is 1500. The van der Waals surface area contributed by atoms with Crippen molar-refractivity contribution in [2.24, 2.45) is 0 Å². The highest BCUT2D eigenvalue weighted by Gasteiger charge is 2.14. The van der Waals surface area contributed by atoms with Gasteiger partial charge in [-0.05, 0) is 46.5 Å². The molecule has 0 radical (unpaired) electrons. The van der Waals surface area contributed by atoms with Gasteiger partial charge in [0.2, 0.25) is 0 Å². The molecule has 5 rings (SSSR count). The highest BCUT2D eigenvalue weighted by Crippen LogP contribution is 2.24. The van der Waals surface area contributed by atoms with Crippen molar-refractivity contribution in [3.05, 3.63) is 132 Å². The number of fused-ring (bicyclic) bond motifs is 1. The first-order valence-corrected chi connectivity index (χ1v) is 11.8. The van der Waals surface area contributed by atoms with Crippen LogP contribution in [0.1, 0.15) is 31.8 Å². The van der Waals surface area contributed by atoms with Gasteiger partial charge in [-0.15, -0.1) is 0 Å². The lowest BCUT2D eigenvalue weighted by Gasteiger charge is -2.12. The molecule has 0 aliphatic carbocycles. The van der Waals surface area contributed by atoms with E-state index in [0.29, 0.717) is 24.2 Å². The number of ether oxygens (including phenoxy) is 1. The van der Waals surface area contributed by atoms with Crippen LogP contribution < -0.4 is 5.32 Å². The van der Waals surface area contributed by atoms with Gasteiger partial charge in [0.1, 0.15) is 0 Å². The molecule has 5 aromatic rings. The van der Waals surface area contributed by atoms with E-state index in [2.05, 4.69) is 46.3 Å². The predicted molar refractivity (Wildman–Crippen MR) is 142 cm³/mol. The lowest BCUT2D eigenvalue weighted by molar-refractivity contribution is 0.0600. The Kier molecular flexibility index (Phi) is 6.63. The van der Waals surface area contributed by atoms with Gasteiger partial charge in [0.25, 0.3) is 5.91 Å². The van der Waals surface area contributed by atoms with Crippen LogP contribution in [0.2, 0.25) is 0 Å². The number of para-hydroxylation sites is 1. The lowest BCUT2D eigenvalue weighted by Crippen LogP contribution is -2.23. The van der Waals surface area contributed by atoms with Crippen molar-refractivity contribution in [3.63, 3.8) is 0 Å². The Hall–Kier alpha value is -4.64. The second-order valence-corrected chi connectivity index (χ2v) is 8.62. The quantitative estimate of drug-likeness (QED) is 0.291. The number of methoxy groups -OCH3 is 1. The third-order valence-corrected chi connectivity index (χ3v) is 6.28. The van der Waals surface area contributed by atoms with E-state index in [0.717, 1.165) is 22.0 Å². The standard InChI is InChI=1S/C31H26N2O3/c1-36-31(35)27-16-10-22(11-17-27)20-32-30(34)28-9-5-8-26-18-19-33(29(26)28)21-23-12-14-25(15-13-23)24-6-3-2-4-7-24/h2-19H,20-21H2,1H3,(H,32,34). The molecule has 0 fully saturated rings. The summed E-state index contributed by atoms with van der Waals surface area (Å²) in [6, 6.07) is 33.7. The van der Waals surface area contributed by atoms with Crippen molar-refractivity contribution in [3.8, 4) is 11.1 Å². The number of hydrogen-bond donors (Lipinski definition) is 1. The number of esters is 1. The summed E-state index contributed by atoms with van der Waals surface area (Å²) in [5, 5.41) is 4.03. The number of carbonyl (C=O) groups excluding carboxylic acids is 2. The van der Waals surface area contributed by atoms with Crippen LogP contribution in [-0.2, 0) is 17.8 Å². The van der Waals surface area contributed by atoms with E-state index in [9.17, 15) is 9.59 Å². The lowest BCUT2D eigenvalue weighted by atomic mass is 10.0. The van der Waals surface area contributed by atoms with Crippen molar-refractivity contribution >= 4 is 22.8 Å². The van der Waals surface area contributed by atoms with Crippen LogP contribution in [0.3, 0.4) is 0 Å². The summed E-state index contributed by atoms with van der Waals surface area (Å²) >= 11 is 0. The SMILES string of the molecule is COC(=O)c1ccc(CNC(=O)c2cccc3ccn(Cc4ccc(-c5ccccc5)cc4)c23)cc1. The summed E-state index contributed by atoms with van der Waals surface area (Å²) < 4.78 is 6.85. The second-order valence-electron chi connectivity index (χ2n) is 8.62. The number of aromatic nitrogens is 1. The maximum absolute atomic E-state index is 13.2. The first-order valence-electron chi connectivity index (χ1n) is 11.8. The molecule has 0 spiro atoms. The Labute approximate surface area is 210 Å². The van der Waals surface area contributed by atoms with Gasteiger partial charge in [-0.3, -0.25) is 4.79 Å². The molecule has 1 heterocycles. The molecule has 1 amide bonds. The van der Waals surface area contributed by atoms with Gasteiger partial charge in [-0.25, -0.2) is 4.79 Å². The fourth-order valence-electron chi connectivity index (χ4n) is 4.36. The third kappa shape index (κ3) is 4.91. The molecule has 0 bridgehead atoms. The molecule has 1 aromatic heterocycles. The number of carbonyl (C=O) groups is 2. The van der Waals surface area contributed by atoms with Gasteiger partial charge >= 0.3 is 5.97 Å². The normalized spacial score (nSPS) is 10.8. The molecule has 1 N–H and O–H groups in total. The molecule has 0 unspecified atom stereocenters. The average Bonchev–Trinajstić information content (AvgIpc) is 3.35. The third-order valence-electron chi connectivity index (χ3n) is 6.28. The average molecular weight is 475 g/mol. The molecule has 0 atom stereocenters. The second kappa shape index (κ2) is 10.3. The van der Waals surface area contributed by atoms with E-state index < -0.39 is 0 Å². The molecular weight excluding hydrogens is 448 g/mol. The molecule has 0 aliphatic heterocycles. The summed E-state index contributed by atoms with van der Waals surface area (Å²) in [7, 11) is 1.35. The maximum Gasteiger partial charge on any atom is 0.337 e. The first-order chi connectivity index (χ1) is 17.6. The van der Waals surface area contributed by atoms with Gasteiger partial charge in [-0.1, -0.05) is 78.9 Å². The highest BCUT2D eigenvalue weighted by molar-refractivity contribution is 6.06. The van der Waals surface area contributed by atoms with Gasteiger partial charge in [-0.2, -0.15) is 0 Å². The molecule has 178 valence electrons. The Morgan fingerprint density at radius 2 is 1.44 bits per heavy atom. The summed E-state index contributed by atoms with van der Waals surface area (Å²) in [6.07, 6.45) is 2.03. The van der Waals surface area contributed by atoms with Crippen LogP contribution in [0, 0.1) is 0 Å². The van der Waals surface area contributed by atoms with Crippen LogP contribution in [0.25, 0.3) is 22.0 Å². The molecule has 0 saturated heterocycles. The summed E-state index contributed by atoms with van der Waals surface area (Å²) in [6.45, 7) is 1.02. The largest absolute Gasteiger partial charge is 0.465 e. The van der Waals surface area contributed by atoms with Gasteiger partial charge in [0, 0.05) is 24.7 Å². The van der Waals surface area contributed by atoms with Crippen molar-refractivity contribution < 1.29 is 14.3 Å². The number of nitrogens with one attached hydrogen (secondary N) is 1. The minimum Gasteiger partial charge on any atom is -0.465 e. The molecule has 4 aromatic carbocycles. The molecule has 36 heavy (non-hydrogen) atoms. The van der Waals surface area contributed by atoms with Gasteiger partial charge < -0.3 is 14.6 Å².